The van der Waals surface area contributed by atoms with Crippen LogP contribution in [0.3, 0.4) is 0 Å². The molecule has 1 N–H and O–H groups in total. The minimum absolute atomic E-state index is 0.0161. The van der Waals surface area contributed by atoms with Gasteiger partial charge in [-0.15, -0.1) is 0 Å². The van der Waals surface area contributed by atoms with E-state index in [1.54, 1.807) is 4.90 Å². The van der Waals surface area contributed by atoms with Gasteiger partial charge in [-0.2, -0.15) is 0 Å². The summed E-state index contributed by atoms with van der Waals surface area (Å²) in [6.07, 6.45) is 5.08. The zero-order chi connectivity index (χ0) is 10.1. The number of fused-ring (bicyclic) bond motifs is 1. The Balaban J connectivity index is 2.25. The fourth-order valence-corrected chi connectivity index (χ4v) is 2.11. The second-order valence-electron chi connectivity index (χ2n) is 3.80. The lowest BCUT2D eigenvalue weighted by atomic mass is 9.95. The Hall–Kier alpha value is -1.32. The molecule has 0 saturated carbocycles. The monoisotopic (exact) mass is 194 g/mol. The highest BCUT2D eigenvalue weighted by Gasteiger charge is 2.32. The van der Waals surface area contributed by atoms with Crippen LogP contribution in [-0.4, -0.2) is 29.3 Å². The van der Waals surface area contributed by atoms with Crippen LogP contribution in [0.5, 0.6) is 0 Å². The van der Waals surface area contributed by atoms with E-state index in [2.05, 4.69) is 5.32 Å². The van der Waals surface area contributed by atoms with E-state index in [0.717, 1.165) is 25.0 Å². The summed E-state index contributed by atoms with van der Waals surface area (Å²) in [4.78, 5) is 24.3. The van der Waals surface area contributed by atoms with Gasteiger partial charge in [0.15, 0.2) is 0 Å². The molecule has 0 aromatic carbocycles. The van der Waals surface area contributed by atoms with Gasteiger partial charge in [0.2, 0.25) is 11.8 Å². The first kappa shape index (κ1) is 9.24. The third-order valence-electron chi connectivity index (χ3n) is 2.78. The van der Waals surface area contributed by atoms with Crippen LogP contribution >= 0.6 is 0 Å². The predicted octanol–water partition coefficient (Wildman–Crippen LogP) is 0.401. The molecule has 1 aliphatic carbocycles. The van der Waals surface area contributed by atoms with Crippen molar-refractivity contribution in [3.63, 3.8) is 0 Å². The molecule has 1 saturated heterocycles. The fraction of sp³-hybridized carbons (Fsp3) is 0.600. The molecule has 1 aliphatic heterocycles. The molecule has 0 radical (unpaired) electrons. The van der Waals surface area contributed by atoms with Crippen LogP contribution in [-0.2, 0) is 9.59 Å². The Kier molecular flexibility index (Phi) is 2.27. The van der Waals surface area contributed by atoms with Gasteiger partial charge in [0.25, 0.3) is 0 Å². The molecule has 0 aromatic heterocycles. The number of nitrogens with one attached hydrogen (secondary N) is 1. The van der Waals surface area contributed by atoms with E-state index < -0.39 is 0 Å². The summed E-state index contributed by atoms with van der Waals surface area (Å²) < 4.78 is 0. The quantitative estimate of drug-likeness (QED) is 0.607. The number of allylic oxidation sites excluding steroid dienone is 1. The Labute approximate surface area is 83.0 Å². The highest BCUT2D eigenvalue weighted by atomic mass is 16.2. The van der Waals surface area contributed by atoms with Crippen LogP contribution < -0.4 is 5.32 Å². The van der Waals surface area contributed by atoms with Gasteiger partial charge in [0.1, 0.15) is 6.54 Å². The molecule has 2 amide bonds. The Morgan fingerprint density at radius 3 is 3.14 bits per heavy atom. The molecular formula is C10H14N2O2. The molecule has 2 rings (SSSR count). The lowest BCUT2D eigenvalue weighted by Crippen LogP contribution is -2.54. The van der Waals surface area contributed by atoms with E-state index >= 15 is 0 Å². The number of carbonyl (C=O) groups is 2. The summed E-state index contributed by atoms with van der Waals surface area (Å²) in [7, 11) is 0. The van der Waals surface area contributed by atoms with E-state index in [1.165, 1.54) is 6.92 Å². The van der Waals surface area contributed by atoms with Gasteiger partial charge in [0.05, 0.1) is 6.04 Å². The van der Waals surface area contributed by atoms with Crippen LogP contribution in [0.4, 0.5) is 0 Å². The molecule has 4 nitrogen and oxygen atoms in total. The lowest BCUT2D eigenvalue weighted by molar-refractivity contribution is -0.138. The average molecular weight is 194 g/mol. The second kappa shape index (κ2) is 3.44. The lowest BCUT2D eigenvalue weighted by Gasteiger charge is -2.38. The maximum absolute atomic E-state index is 11.3. The number of hydrogen-bond donors (Lipinski definition) is 1. The molecule has 76 valence electrons. The number of amides is 2. The first-order valence-electron chi connectivity index (χ1n) is 4.95. The van der Waals surface area contributed by atoms with E-state index in [9.17, 15) is 9.59 Å². The van der Waals surface area contributed by atoms with Crippen LogP contribution in [0, 0.1) is 0 Å². The summed E-state index contributed by atoms with van der Waals surface area (Å²) in [6.45, 7) is 1.72. The average Bonchev–Trinajstić information content (AvgIpc) is 2.16. The molecule has 2 aliphatic rings. The first-order valence-corrected chi connectivity index (χ1v) is 4.95. The largest absolute Gasteiger partial charge is 0.326 e. The van der Waals surface area contributed by atoms with E-state index in [4.69, 9.17) is 0 Å². The highest BCUT2D eigenvalue weighted by molar-refractivity contribution is 5.87. The normalized spacial score (nSPS) is 26.4. The minimum Gasteiger partial charge on any atom is -0.326 e. The van der Waals surface area contributed by atoms with Crippen LogP contribution in [0.1, 0.15) is 26.2 Å². The van der Waals surface area contributed by atoms with E-state index in [1.807, 2.05) is 6.08 Å². The Morgan fingerprint density at radius 1 is 1.64 bits per heavy atom. The second-order valence-corrected chi connectivity index (χ2v) is 3.80. The molecular weight excluding hydrogens is 180 g/mol. The molecule has 1 atom stereocenters. The number of carbonyl (C=O) groups excluding carboxylic acids is 2. The standard InChI is InChI=1S/C10H14N2O2/c1-7(13)12-6-10(14)11-8-4-2-3-5-9(8)12/h4,9H,2-3,5-6H2,1H3,(H,11,14). The van der Waals surface area contributed by atoms with Crippen molar-refractivity contribution in [1.82, 2.24) is 10.2 Å². The van der Waals surface area contributed by atoms with Crippen molar-refractivity contribution in [1.29, 1.82) is 0 Å². The molecule has 0 bridgehead atoms. The van der Waals surface area contributed by atoms with E-state index in [-0.39, 0.29) is 24.4 Å². The molecule has 1 unspecified atom stereocenters. The van der Waals surface area contributed by atoms with Crippen molar-refractivity contribution in [3.05, 3.63) is 11.8 Å². The molecule has 1 heterocycles. The first-order chi connectivity index (χ1) is 6.68. The van der Waals surface area contributed by atoms with E-state index in [0.29, 0.717) is 0 Å². The maximum atomic E-state index is 11.3. The number of hydrogen-bond acceptors (Lipinski definition) is 2. The predicted molar refractivity (Wildman–Crippen MR) is 51.3 cm³/mol. The molecule has 14 heavy (non-hydrogen) atoms. The summed E-state index contributed by atoms with van der Waals surface area (Å²) in [5.41, 5.74) is 0.919. The highest BCUT2D eigenvalue weighted by Crippen LogP contribution is 2.24. The summed E-state index contributed by atoms with van der Waals surface area (Å²) >= 11 is 0. The molecule has 4 heteroatoms. The maximum Gasteiger partial charge on any atom is 0.243 e. The zero-order valence-electron chi connectivity index (χ0n) is 8.25. The van der Waals surface area contributed by atoms with Gasteiger partial charge in [-0.05, 0) is 19.3 Å². The minimum atomic E-state index is -0.0791. The van der Waals surface area contributed by atoms with Crippen LogP contribution in [0.2, 0.25) is 0 Å². The topological polar surface area (TPSA) is 49.4 Å². The zero-order valence-corrected chi connectivity index (χ0v) is 8.25. The number of nitrogens with zero attached hydrogens (tertiary/aromatic N) is 1. The smallest absolute Gasteiger partial charge is 0.243 e. The van der Waals surface area contributed by atoms with Crippen LogP contribution in [0.25, 0.3) is 0 Å². The third-order valence-corrected chi connectivity index (χ3v) is 2.78. The van der Waals surface area contributed by atoms with Crippen molar-refractivity contribution in [2.45, 2.75) is 32.2 Å². The molecule has 0 spiro atoms. The van der Waals surface area contributed by atoms with Crippen LogP contribution in [0.15, 0.2) is 11.8 Å². The number of piperazine rings is 1. The SMILES string of the molecule is CC(=O)N1CC(=O)NC2=CCCCC21. The van der Waals surface area contributed by atoms with Gasteiger partial charge in [-0.1, -0.05) is 6.08 Å². The summed E-state index contributed by atoms with van der Waals surface area (Å²) in [6, 6.07) is 0.110. The number of rotatable bonds is 0. The third kappa shape index (κ3) is 1.52. The van der Waals surface area contributed by atoms with Gasteiger partial charge in [-0.3, -0.25) is 9.59 Å². The molecule has 0 aromatic rings. The van der Waals surface area contributed by atoms with Gasteiger partial charge in [-0.25, -0.2) is 0 Å². The fourth-order valence-electron chi connectivity index (χ4n) is 2.11. The Bertz CT molecular complexity index is 309. The van der Waals surface area contributed by atoms with Gasteiger partial charge >= 0.3 is 0 Å². The van der Waals surface area contributed by atoms with Crippen molar-refractivity contribution in [2.75, 3.05) is 6.54 Å². The van der Waals surface area contributed by atoms with Gasteiger partial charge < -0.3 is 10.2 Å². The molecule has 1 fully saturated rings. The van der Waals surface area contributed by atoms with Crippen molar-refractivity contribution in [2.24, 2.45) is 0 Å². The van der Waals surface area contributed by atoms with Crippen molar-refractivity contribution >= 4 is 11.8 Å². The van der Waals surface area contributed by atoms with Crippen molar-refractivity contribution < 1.29 is 9.59 Å². The summed E-state index contributed by atoms with van der Waals surface area (Å²) in [5.74, 6) is -0.0951. The van der Waals surface area contributed by atoms with Gasteiger partial charge in [0, 0.05) is 12.6 Å². The Morgan fingerprint density at radius 2 is 2.43 bits per heavy atom. The summed E-state index contributed by atoms with van der Waals surface area (Å²) in [5, 5.41) is 2.83. The van der Waals surface area contributed by atoms with Crippen molar-refractivity contribution in [3.8, 4) is 0 Å².